The second-order valence-corrected chi connectivity index (χ2v) is 17.9. The zero-order chi connectivity index (χ0) is 39.9. The highest BCUT2D eigenvalue weighted by Crippen LogP contribution is 2.32. The van der Waals surface area contributed by atoms with Gasteiger partial charge in [0.25, 0.3) is 0 Å². The number of nitrogens with one attached hydrogen (secondary N) is 1. The van der Waals surface area contributed by atoms with Crippen molar-refractivity contribution in [3.8, 4) is 0 Å². The summed E-state index contributed by atoms with van der Waals surface area (Å²) in [6, 6.07) is 4.99. The van der Waals surface area contributed by atoms with Crippen LogP contribution in [0.25, 0.3) is 0 Å². The molecule has 1 heterocycles. The number of carbonyl (C=O) groups excluding carboxylic acids is 4. The first-order valence-corrected chi connectivity index (χ1v) is 20.5. The predicted octanol–water partition coefficient (Wildman–Crippen LogP) is 3.14. The van der Waals surface area contributed by atoms with E-state index in [1.807, 2.05) is 0 Å². The fraction of sp³-hybridized carbons (Fsp3) is 0.484. The molecule has 294 valence electrons. The number of esters is 2. The Hall–Kier alpha value is -3.10. The van der Waals surface area contributed by atoms with Gasteiger partial charge in [0.15, 0.2) is 0 Å². The van der Waals surface area contributed by atoms with Crippen molar-refractivity contribution in [2.75, 3.05) is 32.1 Å². The summed E-state index contributed by atoms with van der Waals surface area (Å²) in [5.74, 6) is -2.68. The molecule has 2 amide bonds. The van der Waals surface area contributed by atoms with Gasteiger partial charge in [-0.05, 0) is 57.7 Å². The van der Waals surface area contributed by atoms with E-state index in [2.05, 4.69) is 4.72 Å². The van der Waals surface area contributed by atoms with E-state index in [9.17, 15) is 36.0 Å². The normalized spacial score (nSPS) is 17.5. The molecular formula is C31H39Cl4N5O11S2. The topological polar surface area (TPSA) is 235 Å². The van der Waals surface area contributed by atoms with E-state index in [0.29, 0.717) is 6.07 Å². The molecule has 0 aliphatic carbocycles. The summed E-state index contributed by atoms with van der Waals surface area (Å²) < 4.78 is 67.1. The number of amides is 2. The average Bonchev–Trinajstić information content (AvgIpc) is 3.47. The fourth-order valence-corrected chi connectivity index (χ4v) is 8.31. The number of nitrogen functional groups attached to an aromatic ring is 1. The Bertz CT molecular complexity index is 1880. The Balaban J connectivity index is 2.02. The molecule has 0 radical (unpaired) electrons. The number of benzene rings is 2. The first-order valence-electron chi connectivity index (χ1n) is 15.9. The third-order valence-corrected chi connectivity index (χ3v) is 11.2. The van der Waals surface area contributed by atoms with Crippen LogP contribution < -0.4 is 15.6 Å². The first-order chi connectivity index (χ1) is 24.6. The molecule has 53 heavy (non-hydrogen) atoms. The molecule has 0 unspecified atom stereocenters. The van der Waals surface area contributed by atoms with Gasteiger partial charge in [0.05, 0.1) is 23.9 Å². The van der Waals surface area contributed by atoms with Crippen LogP contribution in [0.1, 0.15) is 39.2 Å². The number of alkyl halides is 3. The van der Waals surface area contributed by atoms with Crippen LogP contribution in [0.2, 0.25) is 5.02 Å². The number of sulfonamides is 2. The van der Waals surface area contributed by atoms with E-state index in [-0.39, 0.29) is 32.5 Å². The van der Waals surface area contributed by atoms with Gasteiger partial charge in [-0.1, -0.05) is 76.7 Å². The highest BCUT2D eigenvalue weighted by atomic mass is 35.6. The Morgan fingerprint density at radius 2 is 1.62 bits per heavy atom. The van der Waals surface area contributed by atoms with Crippen LogP contribution in [0.5, 0.6) is 0 Å². The van der Waals surface area contributed by atoms with Crippen molar-refractivity contribution < 1.29 is 50.2 Å². The largest absolute Gasteiger partial charge is 0.464 e. The van der Waals surface area contributed by atoms with E-state index in [0.717, 1.165) is 21.4 Å². The van der Waals surface area contributed by atoms with Crippen LogP contribution in [-0.4, -0.2) is 105 Å². The SMILES string of the molecule is CCOC(=O)[C@@H]1C[C@H](NS(=O)(=O)c2cc(S(N)(=O)=O)c(N)cc2Cl)CN1C(=O)[C@H](C)N(C(=O)OCC(Cl)(Cl)Cl)[C@@H](CCc1ccccc1)C(=O)OCC. The quantitative estimate of drug-likeness (QED) is 0.101. The Morgan fingerprint density at radius 3 is 2.19 bits per heavy atom. The van der Waals surface area contributed by atoms with Crippen molar-refractivity contribution in [3.05, 3.63) is 53.1 Å². The van der Waals surface area contributed by atoms with Gasteiger partial charge in [0.1, 0.15) is 34.5 Å². The summed E-state index contributed by atoms with van der Waals surface area (Å²) in [5.41, 5.74) is 6.09. The van der Waals surface area contributed by atoms with Crippen molar-refractivity contribution in [2.45, 2.75) is 77.8 Å². The Labute approximate surface area is 327 Å². The number of primary sulfonamides is 1. The summed E-state index contributed by atoms with van der Waals surface area (Å²) in [6.07, 6.45) is -1.34. The third kappa shape index (κ3) is 11.9. The second kappa shape index (κ2) is 18.5. The van der Waals surface area contributed by atoms with Crippen molar-refractivity contribution in [1.82, 2.24) is 14.5 Å². The van der Waals surface area contributed by atoms with Crippen molar-refractivity contribution in [3.63, 3.8) is 0 Å². The van der Waals surface area contributed by atoms with Crippen LogP contribution in [0.4, 0.5) is 10.5 Å². The predicted molar refractivity (Wildman–Crippen MR) is 196 cm³/mol. The van der Waals surface area contributed by atoms with E-state index < -0.39 is 106 Å². The summed E-state index contributed by atoms with van der Waals surface area (Å²) in [5, 5.41) is 4.75. The minimum Gasteiger partial charge on any atom is -0.464 e. The molecule has 0 bridgehead atoms. The molecular weight excluding hydrogens is 824 g/mol. The van der Waals surface area contributed by atoms with E-state index in [4.69, 9.17) is 71.5 Å². The molecule has 22 heteroatoms. The van der Waals surface area contributed by atoms with Gasteiger partial charge in [-0.15, -0.1) is 0 Å². The number of anilines is 1. The van der Waals surface area contributed by atoms with Crippen LogP contribution in [0.3, 0.4) is 0 Å². The summed E-state index contributed by atoms with van der Waals surface area (Å²) in [6.45, 7) is 2.96. The van der Waals surface area contributed by atoms with Gasteiger partial charge in [0, 0.05) is 12.6 Å². The van der Waals surface area contributed by atoms with Gasteiger partial charge in [-0.25, -0.2) is 41.1 Å². The lowest BCUT2D eigenvalue weighted by atomic mass is 10.0. The number of likely N-dealkylation sites (tertiary alicyclic amines) is 1. The highest BCUT2D eigenvalue weighted by Gasteiger charge is 2.47. The third-order valence-electron chi connectivity index (χ3n) is 7.91. The lowest BCUT2D eigenvalue weighted by Crippen LogP contribution is -2.58. The number of nitrogens with two attached hydrogens (primary N) is 2. The molecule has 0 aromatic heterocycles. The lowest BCUT2D eigenvalue weighted by molar-refractivity contribution is -0.157. The maximum atomic E-state index is 14.3. The first kappa shape index (κ1) is 44.3. The van der Waals surface area contributed by atoms with Gasteiger partial charge in [0.2, 0.25) is 29.7 Å². The van der Waals surface area contributed by atoms with Crippen LogP contribution >= 0.6 is 46.4 Å². The van der Waals surface area contributed by atoms with E-state index in [1.165, 1.54) is 13.8 Å². The molecule has 4 atom stereocenters. The number of rotatable bonds is 15. The second-order valence-electron chi connectivity index (χ2n) is 11.7. The summed E-state index contributed by atoms with van der Waals surface area (Å²) >= 11 is 23.6. The standard InChI is InChI=1S/C31H39Cl4N5O11S2/c1-4-49-28(42)23(12-11-19-9-7-6-8-10-19)40(30(44)51-17-31(33,34)35)18(3)27(41)39-16-20(13-24(39)29(43)50-5-2)38-53(47,48)25-15-26(52(37,45)46)22(36)14-21(25)32/h6-10,14-15,18,20,23-24,38H,4-5,11-13,16-17,36H2,1-3H3,(H2,37,45,46)/t18-,20-,23-,24-/m0/s1. The molecule has 1 aliphatic heterocycles. The Morgan fingerprint density at radius 1 is 1.00 bits per heavy atom. The maximum absolute atomic E-state index is 14.3. The number of hydrogen-bond acceptors (Lipinski definition) is 12. The maximum Gasteiger partial charge on any atom is 0.411 e. The number of nitrogens with zero attached hydrogens (tertiary/aromatic N) is 2. The summed E-state index contributed by atoms with van der Waals surface area (Å²) in [7, 11) is -9.12. The smallest absolute Gasteiger partial charge is 0.411 e. The van der Waals surface area contributed by atoms with Crippen molar-refractivity contribution >= 4 is 96.1 Å². The molecule has 1 fully saturated rings. The molecule has 1 aliphatic rings. The average molecular weight is 864 g/mol. The van der Waals surface area contributed by atoms with Gasteiger partial charge in [-0.3, -0.25) is 9.69 Å². The lowest BCUT2D eigenvalue weighted by Gasteiger charge is -2.36. The molecule has 1 saturated heterocycles. The van der Waals surface area contributed by atoms with Crippen LogP contribution in [0.15, 0.2) is 52.3 Å². The van der Waals surface area contributed by atoms with Crippen LogP contribution in [0, 0.1) is 0 Å². The Kier molecular flexibility index (Phi) is 15.5. The minimum atomic E-state index is -4.65. The fourth-order valence-electron chi connectivity index (χ4n) is 5.60. The summed E-state index contributed by atoms with van der Waals surface area (Å²) in [4.78, 5) is 55.0. The van der Waals surface area contributed by atoms with E-state index in [1.54, 1.807) is 37.3 Å². The van der Waals surface area contributed by atoms with Gasteiger partial charge < -0.3 is 24.8 Å². The zero-order valence-electron chi connectivity index (χ0n) is 28.7. The number of hydrogen-bond donors (Lipinski definition) is 3. The molecule has 2 aromatic rings. The van der Waals surface area contributed by atoms with Crippen molar-refractivity contribution in [1.29, 1.82) is 0 Å². The molecule has 5 N–H and O–H groups in total. The number of ether oxygens (including phenoxy) is 3. The van der Waals surface area contributed by atoms with Crippen molar-refractivity contribution in [2.24, 2.45) is 5.14 Å². The molecule has 0 saturated carbocycles. The van der Waals surface area contributed by atoms with E-state index >= 15 is 0 Å². The minimum absolute atomic E-state index is 0.0457. The number of aryl methyl sites for hydroxylation is 1. The number of carbonyl (C=O) groups is 4. The van der Waals surface area contributed by atoms with Gasteiger partial charge >= 0.3 is 18.0 Å². The molecule has 2 aromatic carbocycles. The number of halogens is 4. The monoisotopic (exact) mass is 861 g/mol. The molecule has 3 rings (SSSR count). The molecule has 16 nitrogen and oxygen atoms in total. The zero-order valence-corrected chi connectivity index (χ0v) is 33.3. The molecule has 0 spiro atoms. The van der Waals surface area contributed by atoms with Crippen LogP contribution in [-0.2, 0) is 55.1 Å². The van der Waals surface area contributed by atoms with Gasteiger partial charge in [-0.2, -0.15) is 0 Å². The highest BCUT2D eigenvalue weighted by molar-refractivity contribution is 7.90.